The van der Waals surface area contributed by atoms with Crippen LogP contribution in [0.1, 0.15) is 29.0 Å². The van der Waals surface area contributed by atoms with Gasteiger partial charge in [-0.15, -0.1) is 0 Å². The molecule has 2 rings (SSSR count). The van der Waals surface area contributed by atoms with Gasteiger partial charge >= 0.3 is 0 Å². The van der Waals surface area contributed by atoms with E-state index in [0.29, 0.717) is 30.0 Å². The number of aromatic nitrogens is 2. The van der Waals surface area contributed by atoms with Gasteiger partial charge in [-0.05, 0) is 31.2 Å². The molecule has 1 aromatic heterocycles. The topological polar surface area (TPSA) is 134 Å². The molecule has 0 unspecified atom stereocenters. The van der Waals surface area contributed by atoms with Crippen LogP contribution in [0.15, 0.2) is 28.8 Å². The van der Waals surface area contributed by atoms with E-state index < -0.39 is 10.0 Å². The number of aliphatic hydroxyl groups is 1. The molecule has 1 heterocycles. The number of carbonyl (C=O) groups excluding carboxylic acids is 1. The lowest BCUT2D eigenvalue weighted by Crippen LogP contribution is -2.26. The second-order valence-corrected chi connectivity index (χ2v) is 6.86. The number of amides is 1. The molecular formula is C14H18N4O5S. The largest absolute Gasteiger partial charge is 0.387 e. The molecular weight excluding hydrogens is 336 g/mol. The van der Waals surface area contributed by atoms with E-state index in [-0.39, 0.29) is 24.2 Å². The fraction of sp³-hybridized carbons (Fsp3) is 0.357. The molecule has 0 fully saturated rings. The lowest BCUT2D eigenvalue weighted by molar-refractivity contribution is 0.0954. The molecule has 0 atom stereocenters. The van der Waals surface area contributed by atoms with Gasteiger partial charge in [0.15, 0.2) is 5.82 Å². The lowest BCUT2D eigenvalue weighted by Gasteiger charge is -2.07. The van der Waals surface area contributed by atoms with Crippen molar-refractivity contribution in [2.75, 3.05) is 17.0 Å². The Morgan fingerprint density at radius 2 is 2.00 bits per heavy atom. The van der Waals surface area contributed by atoms with Crippen molar-refractivity contribution in [3.63, 3.8) is 0 Å². The van der Waals surface area contributed by atoms with Crippen molar-refractivity contribution in [2.24, 2.45) is 0 Å². The molecule has 3 N–H and O–H groups in total. The molecule has 0 radical (unpaired) electrons. The molecule has 130 valence electrons. The number of carbonyl (C=O) groups is 1. The van der Waals surface area contributed by atoms with Gasteiger partial charge in [0.2, 0.25) is 10.0 Å². The van der Waals surface area contributed by atoms with Gasteiger partial charge in [-0.25, -0.2) is 8.42 Å². The minimum atomic E-state index is -3.34. The van der Waals surface area contributed by atoms with Gasteiger partial charge in [0.1, 0.15) is 6.61 Å². The fourth-order valence-electron chi connectivity index (χ4n) is 1.79. The van der Waals surface area contributed by atoms with Crippen LogP contribution in [0.5, 0.6) is 0 Å². The zero-order valence-electron chi connectivity index (χ0n) is 13.0. The fourth-order valence-corrected chi connectivity index (χ4v) is 2.43. The van der Waals surface area contributed by atoms with Crippen molar-refractivity contribution in [3.8, 4) is 0 Å². The van der Waals surface area contributed by atoms with Crippen LogP contribution in [0.2, 0.25) is 0 Å². The Hall–Kier alpha value is -2.46. The monoisotopic (exact) mass is 354 g/mol. The Morgan fingerprint density at radius 1 is 1.29 bits per heavy atom. The van der Waals surface area contributed by atoms with Crippen molar-refractivity contribution < 1.29 is 22.8 Å². The van der Waals surface area contributed by atoms with Gasteiger partial charge in [0, 0.05) is 24.2 Å². The summed E-state index contributed by atoms with van der Waals surface area (Å²) in [5.41, 5.74) is 0.801. The average molecular weight is 354 g/mol. The highest BCUT2D eigenvalue weighted by Crippen LogP contribution is 2.11. The van der Waals surface area contributed by atoms with E-state index in [1.807, 2.05) is 0 Å². The van der Waals surface area contributed by atoms with Crippen molar-refractivity contribution in [3.05, 3.63) is 41.5 Å². The van der Waals surface area contributed by atoms with E-state index >= 15 is 0 Å². The van der Waals surface area contributed by atoms with E-state index in [4.69, 9.17) is 9.63 Å². The Kier molecular flexibility index (Phi) is 5.88. The van der Waals surface area contributed by atoms with Gasteiger partial charge in [-0.2, -0.15) is 4.98 Å². The molecule has 0 bridgehead atoms. The molecule has 1 aromatic carbocycles. The van der Waals surface area contributed by atoms with Gasteiger partial charge in [-0.1, -0.05) is 5.16 Å². The third-order valence-corrected chi connectivity index (χ3v) is 4.39. The molecule has 1 amide bonds. The Balaban J connectivity index is 1.86. The summed E-state index contributed by atoms with van der Waals surface area (Å²) in [5, 5.41) is 15.2. The van der Waals surface area contributed by atoms with Gasteiger partial charge in [0.25, 0.3) is 11.8 Å². The molecule has 0 aliphatic heterocycles. The van der Waals surface area contributed by atoms with E-state index in [1.165, 1.54) is 31.2 Å². The minimum absolute atomic E-state index is 0.0245. The Morgan fingerprint density at radius 3 is 2.58 bits per heavy atom. The molecule has 2 aromatic rings. The summed E-state index contributed by atoms with van der Waals surface area (Å²) in [4.78, 5) is 15.9. The van der Waals surface area contributed by atoms with Crippen LogP contribution in [0.4, 0.5) is 5.69 Å². The second kappa shape index (κ2) is 7.88. The predicted octanol–water partition coefficient (Wildman–Crippen LogP) is 0.296. The van der Waals surface area contributed by atoms with Gasteiger partial charge < -0.3 is 14.9 Å². The third-order valence-electron chi connectivity index (χ3n) is 3.08. The summed E-state index contributed by atoms with van der Waals surface area (Å²) >= 11 is 0. The first-order chi connectivity index (χ1) is 11.4. The zero-order chi connectivity index (χ0) is 17.6. The number of nitrogens with one attached hydrogen (secondary N) is 2. The van der Waals surface area contributed by atoms with Crippen LogP contribution < -0.4 is 10.0 Å². The van der Waals surface area contributed by atoms with Crippen LogP contribution in [-0.2, 0) is 23.1 Å². The number of sulfonamides is 1. The minimum Gasteiger partial charge on any atom is -0.387 e. The highest BCUT2D eigenvalue weighted by Gasteiger charge is 2.10. The van der Waals surface area contributed by atoms with Gasteiger partial charge in [0.05, 0.1) is 5.75 Å². The summed E-state index contributed by atoms with van der Waals surface area (Å²) in [7, 11) is -3.34. The first-order valence-electron chi connectivity index (χ1n) is 7.24. The maximum Gasteiger partial charge on any atom is 0.252 e. The van der Waals surface area contributed by atoms with E-state index in [9.17, 15) is 13.2 Å². The highest BCUT2D eigenvalue weighted by molar-refractivity contribution is 7.92. The third kappa shape index (κ3) is 5.03. The highest BCUT2D eigenvalue weighted by atomic mass is 32.2. The molecule has 0 saturated carbocycles. The zero-order valence-corrected chi connectivity index (χ0v) is 13.8. The molecule has 10 heteroatoms. The number of aliphatic hydroxyl groups excluding tert-OH is 1. The van der Waals surface area contributed by atoms with Crippen LogP contribution in [0, 0.1) is 0 Å². The van der Waals surface area contributed by atoms with Crippen LogP contribution in [0.3, 0.4) is 0 Å². The lowest BCUT2D eigenvalue weighted by atomic mass is 10.2. The average Bonchev–Trinajstić information content (AvgIpc) is 3.03. The summed E-state index contributed by atoms with van der Waals surface area (Å²) in [5.74, 6) is 0.194. The molecule has 0 aliphatic rings. The summed E-state index contributed by atoms with van der Waals surface area (Å²) in [6.45, 7) is 1.51. The Bertz CT molecular complexity index is 786. The number of anilines is 1. The second-order valence-electron chi connectivity index (χ2n) is 4.85. The number of hydrogen-bond acceptors (Lipinski definition) is 7. The standard InChI is InChI=1S/C14H18N4O5S/c1-2-24(21,22)18-11-5-3-10(4-6-11)14(20)15-8-7-12-16-13(9-19)23-17-12/h3-6,18-19H,2,7-9H2,1H3,(H,15,20). The van der Waals surface area contributed by atoms with Crippen LogP contribution in [-0.4, -0.2) is 41.9 Å². The molecule has 24 heavy (non-hydrogen) atoms. The van der Waals surface area contributed by atoms with Crippen LogP contribution in [0.25, 0.3) is 0 Å². The normalized spacial score (nSPS) is 11.2. The van der Waals surface area contributed by atoms with Crippen LogP contribution >= 0.6 is 0 Å². The van der Waals surface area contributed by atoms with Crippen molar-refractivity contribution in [1.82, 2.24) is 15.5 Å². The summed E-state index contributed by atoms with van der Waals surface area (Å²) in [6.07, 6.45) is 0.365. The van der Waals surface area contributed by atoms with Crippen molar-refractivity contribution in [1.29, 1.82) is 0 Å². The van der Waals surface area contributed by atoms with Crippen molar-refractivity contribution in [2.45, 2.75) is 20.0 Å². The molecule has 9 nitrogen and oxygen atoms in total. The smallest absolute Gasteiger partial charge is 0.252 e. The molecule has 0 saturated heterocycles. The summed E-state index contributed by atoms with van der Waals surface area (Å²) in [6, 6.07) is 6.10. The summed E-state index contributed by atoms with van der Waals surface area (Å²) < 4.78 is 30.1. The number of nitrogens with zero attached hydrogens (tertiary/aromatic N) is 2. The first kappa shape index (κ1) is 17.9. The van der Waals surface area contributed by atoms with E-state index in [0.717, 1.165) is 0 Å². The first-order valence-corrected chi connectivity index (χ1v) is 8.90. The Labute approximate surface area is 139 Å². The molecule has 0 spiro atoms. The van der Waals surface area contributed by atoms with Gasteiger partial charge in [-0.3, -0.25) is 9.52 Å². The number of rotatable bonds is 8. The molecule has 0 aliphatic carbocycles. The van der Waals surface area contributed by atoms with Crippen molar-refractivity contribution >= 4 is 21.6 Å². The van der Waals surface area contributed by atoms with E-state index in [2.05, 4.69) is 20.2 Å². The number of benzene rings is 1. The van der Waals surface area contributed by atoms with E-state index in [1.54, 1.807) is 0 Å². The quantitative estimate of drug-likeness (QED) is 0.620. The SMILES string of the molecule is CCS(=O)(=O)Nc1ccc(C(=O)NCCc2noc(CO)n2)cc1. The number of hydrogen-bond donors (Lipinski definition) is 3. The predicted molar refractivity (Wildman–Crippen MR) is 85.8 cm³/mol. The maximum atomic E-state index is 12.0. The maximum absolute atomic E-state index is 12.0.